The Hall–Kier alpha value is -0.980. The van der Waals surface area contributed by atoms with Crippen molar-refractivity contribution in [2.24, 2.45) is 29.6 Å². The fourth-order valence-corrected chi connectivity index (χ4v) is 4.03. The van der Waals surface area contributed by atoms with Crippen molar-refractivity contribution >= 4 is 11.8 Å². The number of hydrogen-bond donors (Lipinski definition) is 2. The number of ketones is 1. The van der Waals surface area contributed by atoms with E-state index < -0.39 is 41.7 Å². The van der Waals surface area contributed by atoms with Crippen molar-refractivity contribution < 1.29 is 29.3 Å². The highest BCUT2D eigenvalue weighted by Crippen LogP contribution is 2.42. The van der Waals surface area contributed by atoms with Crippen LogP contribution in [0.2, 0.25) is 0 Å². The first-order valence-corrected chi connectivity index (χ1v) is 10.2. The van der Waals surface area contributed by atoms with Gasteiger partial charge in [-0.1, -0.05) is 48.5 Å². The van der Waals surface area contributed by atoms with Gasteiger partial charge in [-0.3, -0.25) is 9.59 Å². The van der Waals surface area contributed by atoms with Crippen LogP contribution in [0.25, 0.3) is 0 Å². The lowest BCUT2D eigenvalue weighted by Gasteiger charge is -2.50. The topological polar surface area (TPSA) is 93.1 Å². The number of carbonyl (C=O) groups excluding carboxylic acids is 2. The summed E-state index contributed by atoms with van der Waals surface area (Å²) in [6, 6.07) is 0. The largest absolute Gasteiger partial charge is 0.461 e. The molecule has 158 valence electrons. The molecular formula is C21H38O6. The lowest BCUT2D eigenvalue weighted by molar-refractivity contribution is -0.326. The van der Waals surface area contributed by atoms with Crippen molar-refractivity contribution in [3.63, 3.8) is 0 Å². The predicted octanol–water partition coefficient (Wildman–Crippen LogP) is 2.94. The highest BCUT2D eigenvalue weighted by molar-refractivity contribution is 5.82. The number of hydrogen-bond acceptors (Lipinski definition) is 6. The zero-order valence-corrected chi connectivity index (χ0v) is 18.1. The monoisotopic (exact) mass is 386 g/mol. The van der Waals surface area contributed by atoms with Crippen LogP contribution >= 0.6 is 0 Å². The third-order valence-corrected chi connectivity index (χ3v) is 6.25. The highest BCUT2D eigenvalue weighted by Gasteiger charge is 2.52. The number of rotatable bonds is 8. The molecule has 0 radical (unpaired) electrons. The Bertz CT molecular complexity index is 519. The van der Waals surface area contributed by atoms with Crippen LogP contribution in [0.15, 0.2) is 0 Å². The lowest BCUT2D eigenvalue weighted by atomic mass is 9.76. The van der Waals surface area contributed by atoms with Crippen LogP contribution in [-0.4, -0.2) is 46.1 Å². The molecule has 8 atom stereocenters. The summed E-state index contributed by atoms with van der Waals surface area (Å²) in [5.74, 6) is -3.81. The molecule has 1 fully saturated rings. The van der Waals surface area contributed by atoms with Gasteiger partial charge in [0.15, 0.2) is 5.79 Å². The zero-order valence-electron chi connectivity index (χ0n) is 18.1. The molecule has 1 heterocycles. The predicted molar refractivity (Wildman–Crippen MR) is 103 cm³/mol. The maximum Gasteiger partial charge on any atom is 0.311 e. The van der Waals surface area contributed by atoms with Gasteiger partial charge in [0.1, 0.15) is 11.9 Å². The van der Waals surface area contributed by atoms with Crippen molar-refractivity contribution in [1.82, 2.24) is 0 Å². The summed E-state index contributed by atoms with van der Waals surface area (Å²) in [5.41, 5.74) is 0. The van der Waals surface area contributed by atoms with E-state index in [0.29, 0.717) is 12.8 Å². The van der Waals surface area contributed by atoms with Gasteiger partial charge in [0.2, 0.25) is 0 Å². The van der Waals surface area contributed by atoms with Crippen molar-refractivity contribution in [3.05, 3.63) is 0 Å². The quantitative estimate of drug-likeness (QED) is 0.623. The molecule has 0 saturated carbocycles. The van der Waals surface area contributed by atoms with Crippen LogP contribution < -0.4 is 0 Å². The van der Waals surface area contributed by atoms with Gasteiger partial charge < -0.3 is 19.7 Å². The third-order valence-electron chi connectivity index (χ3n) is 6.25. The molecule has 6 heteroatoms. The Labute approximate surface area is 163 Å². The van der Waals surface area contributed by atoms with Gasteiger partial charge in [0, 0.05) is 24.2 Å². The molecule has 1 aliphatic heterocycles. The van der Waals surface area contributed by atoms with Gasteiger partial charge in [0.25, 0.3) is 0 Å². The van der Waals surface area contributed by atoms with Crippen molar-refractivity contribution in [3.8, 4) is 0 Å². The molecule has 27 heavy (non-hydrogen) atoms. The first-order chi connectivity index (χ1) is 12.4. The number of aliphatic hydroxyl groups excluding tert-OH is 1. The van der Waals surface area contributed by atoms with E-state index in [0.717, 1.165) is 0 Å². The van der Waals surface area contributed by atoms with E-state index >= 15 is 0 Å². The molecule has 0 aromatic rings. The average molecular weight is 387 g/mol. The summed E-state index contributed by atoms with van der Waals surface area (Å²) in [7, 11) is 0. The summed E-state index contributed by atoms with van der Waals surface area (Å²) in [4.78, 5) is 24.6. The summed E-state index contributed by atoms with van der Waals surface area (Å²) >= 11 is 0. The van der Waals surface area contributed by atoms with Crippen LogP contribution in [0.5, 0.6) is 0 Å². The molecule has 0 spiro atoms. The molecule has 0 aromatic heterocycles. The molecule has 0 amide bonds. The average Bonchev–Trinajstić information content (AvgIpc) is 2.64. The second kappa shape index (κ2) is 9.48. The molecule has 0 aliphatic carbocycles. The Kier molecular flexibility index (Phi) is 8.45. The Morgan fingerprint density at radius 1 is 1.11 bits per heavy atom. The summed E-state index contributed by atoms with van der Waals surface area (Å²) < 4.78 is 11.8. The number of ether oxygens (including phenoxy) is 2. The third kappa shape index (κ3) is 5.09. The molecule has 8 unspecified atom stereocenters. The molecular weight excluding hydrogens is 348 g/mol. The summed E-state index contributed by atoms with van der Waals surface area (Å²) in [6.07, 6.45) is -1.17. The van der Waals surface area contributed by atoms with Gasteiger partial charge in [-0.2, -0.15) is 0 Å². The van der Waals surface area contributed by atoms with E-state index in [1.807, 2.05) is 34.6 Å². The van der Waals surface area contributed by atoms with Crippen LogP contribution in [0.1, 0.15) is 68.2 Å². The van der Waals surface area contributed by atoms with E-state index in [2.05, 4.69) is 0 Å². The smallest absolute Gasteiger partial charge is 0.311 e. The minimum atomic E-state index is -1.36. The molecule has 2 N–H and O–H groups in total. The Balaban J connectivity index is 2.98. The minimum absolute atomic E-state index is 0.0878. The van der Waals surface area contributed by atoms with Gasteiger partial charge >= 0.3 is 5.97 Å². The SMILES string of the molecule is CCC(=O)C(C)C(O)C(C)C(=O)OC1C(C)C(C(C)C)OC(O)(CC)C1C. The van der Waals surface area contributed by atoms with Crippen LogP contribution in [0.3, 0.4) is 0 Å². The van der Waals surface area contributed by atoms with E-state index in [4.69, 9.17) is 9.47 Å². The maximum atomic E-state index is 12.7. The number of carbonyl (C=O) groups is 2. The zero-order chi connectivity index (χ0) is 21.1. The molecule has 1 saturated heterocycles. The highest BCUT2D eigenvalue weighted by atomic mass is 16.6. The van der Waals surface area contributed by atoms with E-state index in [-0.39, 0.29) is 23.7 Å². The first-order valence-electron chi connectivity index (χ1n) is 10.2. The number of esters is 1. The number of Topliss-reactive ketones (excluding diaryl/α,β-unsaturated/α-hetero) is 1. The van der Waals surface area contributed by atoms with Gasteiger partial charge in [-0.15, -0.1) is 0 Å². The van der Waals surface area contributed by atoms with Crippen LogP contribution in [-0.2, 0) is 19.1 Å². The standard InChI is InChI=1S/C21H38O6/c1-9-16(22)12(5)17(23)13(6)20(24)26-19-14(7)18(11(3)4)27-21(25,10-2)15(19)8/h11-15,17-19,23,25H,9-10H2,1-8H3. The van der Waals surface area contributed by atoms with Crippen molar-refractivity contribution in [2.45, 2.75) is 92.3 Å². The van der Waals surface area contributed by atoms with Crippen molar-refractivity contribution in [2.75, 3.05) is 0 Å². The molecule has 6 nitrogen and oxygen atoms in total. The van der Waals surface area contributed by atoms with E-state index in [1.54, 1.807) is 20.8 Å². The molecule has 1 aliphatic rings. The minimum Gasteiger partial charge on any atom is -0.461 e. The second-order valence-corrected chi connectivity index (χ2v) is 8.46. The second-order valence-electron chi connectivity index (χ2n) is 8.46. The Morgan fingerprint density at radius 2 is 1.67 bits per heavy atom. The summed E-state index contributed by atoms with van der Waals surface area (Å²) in [6.45, 7) is 14.6. The van der Waals surface area contributed by atoms with Gasteiger partial charge in [-0.05, 0) is 19.3 Å². The van der Waals surface area contributed by atoms with Gasteiger partial charge in [0.05, 0.1) is 18.1 Å². The van der Waals surface area contributed by atoms with E-state index in [1.165, 1.54) is 0 Å². The maximum absolute atomic E-state index is 12.7. The fraction of sp³-hybridized carbons (Fsp3) is 0.905. The normalized spacial score (nSPS) is 34.8. The van der Waals surface area contributed by atoms with Crippen molar-refractivity contribution in [1.29, 1.82) is 0 Å². The van der Waals surface area contributed by atoms with Gasteiger partial charge in [-0.25, -0.2) is 0 Å². The Morgan fingerprint density at radius 3 is 2.11 bits per heavy atom. The molecule has 0 aromatic carbocycles. The lowest BCUT2D eigenvalue weighted by Crippen LogP contribution is -2.59. The molecule has 0 bridgehead atoms. The van der Waals surface area contributed by atoms with Crippen LogP contribution in [0.4, 0.5) is 0 Å². The first kappa shape index (κ1) is 24.1. The fourth-order valence-electron chi connectivity index (χ4n) is 4.03. The van der Waals surface area contributed by atoms with E-state index in [9.17, 15) is 19.8 Å². The molecule has 1 rings (SSSR count). The van der Waals surface area contributed by atoms with Crippen LogP contribution in [0, 0.1) is 29.6 Å². The number of aliphatic hydroxyl groups is 2. The summed E-state index contributed by atoms with van der Waals surface area (Å²) in [5, 5.41) is 21.3.